The quantitative estimate of drug-likeness (QED) is 0.688. The molecule has 24 heavy (non-hydrogen) atoms. The molecule has 0 aromatic carbocycles. The van der Waals surface area contributed by atoms with E-state index in [9.17, 15) is 4.79 Å². The van der Waals surface area contributed by atoms with Crippen LogP contribution in [-0.2, 0) is 16.1 Å². The summed E-state index contributed by atoms with van der Waals surface area (Å²) in [5, 5.41) is 12.4. The second-order valence-corrected chi connectivity index (χ2v) is 7.61. The molecule has 0 saturated carbocycles. The first-order chi connectivity index (χ1) is 11.7. The number of piperazine rings is 1. The molecule has 1 aromatic heterocycles. The number of thioether (sulfide) groups is 1. The van der Waals surface area contributed by atoms with Gasteiger partial charge in [0.05, 0.1) is 17.9 Å². The summed E-state index contributed by atoms with van der Waals surface area (Å²) in [4.78, 5) is 17.0. The number of ether oxygens (including phenoxy) is 1. The summed E-state index contributed by atoms with van der Waals surface area (Å²) in [7, 11) is 0. The van der Waals surface area contributed by atoms with Crippen molar-refractivity contribution in [1.29, 1.82) is 0 Å². The minimum atomic E-state index is -0.188. The lowest BCUT2D eigenvalue weighted by atomic mass is 10.2. The number of tetrazole rings is 1. The minimum absolute atomic E-state index is 0.169. The van der Waals surface area contributed by atoms with Gasteiger partial charge in [-0.3, -0.25) is 4.79 Å². The van der Waals surface area contributed by atoms with Crippen LogP contribution in [0.3, 0.4) is 0 Å². The van der Waals surface area contributed by atoms with Gasteiger partial charge in [-0.2, -0.15) is 0 Å². The normalized spacial score (nSPS) is 23.6. The molecule has 2 unspecified atom stereocenters. The van der Waals surface area contributed by atoms with Gasteiger partial charge in [0.2, 0.25) is 11.1 Å². The van der Waals surface area contributed by atoms with Crippen molar-refractivity contribution in [1.82, 2.24) is 30.0 Å². The summed E-state index contributed by atoms with van der Waals surface area (Å²) < 4.78 is 7.41. The smallest absolute Gasteiger partial charge is 0.235 e. The molecule has 2 aliphatic rings. The van der Waals surface area contributed by atoms with Crippen LogP contribution >= 0.6 is 11.8 Å². The lowest BCUT2D eigenvalue weighted by Gasteiger charge is -2.35. The molecule has 2 saturated heterocycles. The molecule has 0 aliphatic carbocycles. The van der Waals surface area contributed by atoms with Crippen molar-refractivity contribution >= 4 is 17.7 Å². The molecule has 8 nitrogen and oxygen atoms in total. The van der Waals surface area contributed by atoms with Gasteiger partial charge in [-0.1, -0.05) is 18.7 Å². The molecule has 0 bridgehead atoms. The van der Waals surface area contributed by atoms with Crippen LogP contribution in [0.15, 0.2) is 5.16 Å². The summed E-state index contributed by atoms with van der Waals surface area (Å²) in [5.74, 6) is 0.169. The van der Waals surface area contributed by atoms with Gasteiger partial charge in [-0.05, 0) is 36.7 Å². The Balaban J connectivity index is 1.53. The number of aromatic nitrogens is 4. The van der Waals surface area contributed by atoms with Crippen molar-refractivity contribution in [3.8, 4) is 0 Å². The lowest BCUT2D eigenvalue weighted by Crippen LogP contribution is -2.50. The van der Waals surface area contributed by atoms with E-state index in [1.165, 1.54) is 11.8 Å². The number of carbonyl (C=O) groups is 1. The van der Waals surface area contributed by atoms with E-state index in [2.05, 4.69) is 27.3 Å². The van der Waals surface area contributed by atoms with E-state index in [-0.39, 0.29) is 17.3 Å². The average Bonchev–Trinajstić information content (AvgIpc) is 3.27. The van der Waals surface area contributed by atoms with Gasteiger partial charge < -0.3 is 14.5 Å². The molecule has 0 N–H and O–H groups in total. The van der Waals surface area contributed by atoms with E-state index >= 15 is 0 Å². The Kier molecular flexibility index (Phi) is 6.07. The number of hydrogen-bond acceptors (Lipinski definition) is 7. The number of rotatable bonds is 6. The topological polar surface area (TPSA) is 76.4 Å². The van der Waals surface area contributed by atoms with Crippen LogP contribution in [0.2, 0.25) is 0 Å². The van der Waals surface area contributed by atoms with E-state index in [1.54, 1.807) is 4.68 Å². The maximum atomic E-state index is 12.7. The summed E-state index contributed by atoms with van der Waals surface area (Å²) in [5.41, 5.74) is 0. The first kappa shape index (κ1) is 17.6. The fourth-order valence-corrected chi connectivity index (χ4v) is 4.01. The van der Waals surface area contributed by atoms with Gasteiger partial charge in [0.15, 0.2) is 0 Å². The average molecular weight is 354 g/mol. The van der Waals surface area contributed by atoms with E-state index < -0.39 is 0 Å². The zero-order chi connectivity index (χ0) is 16.9. The van der Waals surface area contributed by atoms with Crippen molar-refractivity contribution in [2.24, 2.45) is 0 Å². The highest BCUT2D eigenvalue weighted by molar-refractivity contribution is 8.00. The van der Waals surface area contributed by atoms with Crippen LogP contribution in [-0.4, -0.2) is 86.6 Å². The number of carbonyl (C=O) groups excluding carboxylic acids is 1. The minimum Gasteiger partial charge on any atom is -0.376 e. The van der Waals surface area contributed by atoms with E-state index in [0.717, 1.165) is 52.2 Å². The first-order valence-electron chi connectivity index (χ1n) is 8.73. The van der Waals surface area contributed by atoms with Crippen LogP contribution in [0, 0.1) is 0 Å². The monoisotopic (exact) mass is 354 g/mol. The van der Waals surface area contributed by atoms with E-state index in [1.807, 2.05) is 11.8 Å². The van der Waals surface area contributed by atoms with Gasteiger partial charge in [0.1, 0.15) is 0 Å². The third-order valence-electron chi connectivity index (χ3n) is 4.66. The number of likely N-dealkylation sites (N-methyl/N-ethyl adjacent to an activating group) is 1. The molecule has 2 fully saturated rings. The van der Waals surface area contributed by atoms with Gasteiger partial charge in [-0.25, -0.2) is 4.68 Å². The lowest BCUT2D eigenvalue weighted by molar-refractivity contribution is -0.132. The Morgan fingerprint density at radius 3 is 2.83 bits per heavy atom. The second kappa shape index (κ2) is 8.26. The number of hydrogen-bond donors (Lipinski definition) is 0. The summed E-state index contributed by atoms with van der Waals surface area (Å²) in [6.45, 7) is 10.1. The predicted octanol–water partition coefficient (Wildman–Crippen LogP) is 0.497. The van der Waals surface area contributed by atoms with Crippen molar-refractivity contribution in [3.05, 3.63) is 0 Å². The van der Waals surface area contributed by atoms with Crippen LogP contribution in [0.1, 0.15) is 26.7 Å². The Labute approximate surface area is 146 Å². The molecule has 9 heteroatoms. The highest BCUT2D eigenvalue weighted by atomic mass is 32.2. The van der Waals surface area contributed by atoms with Crippen molar-refractivity contribution < 1.29 is 9.53 Å². The Morgan fingerprint density at radius 1 is 1.38 bits per heavy atom. The van der Waals surface area contributed by atoms with Crippen LogP contribution in [0.4, 0.5) is 0 Å². The zero-order valence-electron chi connectivity index (χ0n) is 14.4. The van der Waals surface area contributed by atoms with Crippen molar-refractivity contribution in [2.45, 2.75) is 49.7 Å². The third kappa shape index (κ3) is 4.25. The summed E-state index contributed by atoms with van der Waals surface area (Å²) in [6, 6.07) is 0. The Morgan fingerprint density at radius 2 is 2.17 bits per heavy atom. The molecule has 3 heterocycles. The van der Waals surface area contributed by atoms with Crippen molar-refractivity contribution in [2.75, 3.05) is 39.3 Å². The zero-order valence-corrected chi connectivity index (χ0v) is 15.2. The fraction of sp³-hybridized carbons (Fsp3) is 0.867. The second-order valence-electron chi connectivity index (χ2n) is 6.30. The largest absolute Gasteiger partial charge is 0.376 e. The van der Waals surface area contributed by atoms with Crippen LogP contribution in [0.5, 0.6) is 0 Å². The molecule has 2 aliphatic heterocycles. The fourth-order valence-electron chi connectivity index (χ4n) is 3.13. The number of nitrogens with zero attached hydrogens (tertiary/aromatic N) is 6. The number of amides is 1. The van der Waals surface area contributed by atoms with E-state index in [4.69, 9.17) is 4.74 Å². The van der Waals surface area contributed by atoms with Crippen LogP contribution in [0.25, 0.3) is 0 Å². The molecule has 2 atom stereocenters. The summed E-state index contributed by atoms with van der Waals surface area (Å²) >= 11 is 1.44. The Hall–Kier alpha value is -1.19. The van der Waals surface area contributed by atoms with Crippen LogP contribution < -0.4 is 0 Å². The predicted molar refractivity (Wildman–Crippen MR) is 90.8 cm³/mol. The molecule has 0 radical (unpaired) electrons. The molecule has 1 aromatic rings. The highest BCUT2D eigenvalue weighted by Gasteiger charge is 2.27. The maximum absolute atomic E-state index is 12.7. The summed E-state index contributed by atoms with van der Waals surface area (Å²) in [6.07, 6.45) is 2.31. The standard InChI is InChI=1S/C15H26N6O2S/c1-3-19-6-8-20(9-7-19)14(22)12(2)24-15-16-17-18-21(15)11-13-5-4-10-23-13/h12-13H,3-11H2,1-2H3. The van der Waals surface area contributed by atoms with Gasteiger partial charge >= 0.3 is 0 Å². The molecule has 134 valence electrons. The molecular formula is C15H26N6O2S. The molecule has 3 rings (SSSR count). The maximum Gasteiger partial charge on any atom is 0.235 e. The SMILES string of the molecule is CCN1CCN(C(=O)C(C)Sc2nnnn2CC2CCCO2)CC1. The highest BCUT2D eigenvalue weighted by Crippen LogP contribution is 2.24. The van der Waals surface area contributed by atoms with Gasteiger partial charge in [-0.15, -0.1) is 5.10 Å². The molecule has 0 spiro atoms. The third-order valence-corrected chi connectivity index (χ3v) is 5.72. The van der Waals surface area contributed by atoms with E-state index in [0.29, 0.717) is 11.7 Å². The van der Waals surface area contributed by atoms with Crippen molar-refractivity contribution in [3.63, 3.8) is 0 Å². The Bertz CT molecular complexity index is 540. The first-order valence-corrected chi connectivity index (χ1v) is 9.61. The molecule has 1 amide bonds. The van der Waals surface area contributed by atoms with Gasteiger partial charge in [0.25, 0.3) is 0 Å². The van der Waals surface area contributed by atoms with Gasteiger partial charge in [0, 0.05) is 32.8 Å². The molecular weight excluding hydrogens is 328 g/mol.